The number of carboxylic acid groups (broad SMARTS) is 1. The number of unbranched alkanes of at least 4 members (excludes halogenated alkanes) is 1. The maximum atomic E-state index is 11.4. The van der Waals surface area contributed by atoms with E-state index in [2.05, 4.69) is 5.32 Å². The Morgan fingerprint density at radius 2 is 1.86 bits per heavy atom. The summed E-state index contributed by atoms with van der Waals surface area (Å²) < 4.78 is 5.03. The number of alkyl carbamates (subject to hydrolysis) is 1. The lowest BCUT2D eigenvalue weighted by Crippen LogP contribution is -2.30. The Labute approximate surface area is 131 Å². The molecule has 22 heavy (non-hydrogen) atoms. The number of hydrogen-bond acceptors (Lipinski definition) is 4. The number of carbonyl (C=O) groups excluding carboxylic acids is 1. The maximum absolute atomic E-state index is 11.4. The van der Waals surface area contributed by atoms with E-state index in [1.807, 2.05) is 44.2 Å². The van der Waals surface area contributed by atoms with Crippen molar-refractivity contribution < 1.29 is 19.4 Å². The van der Waals surface area contributed by atoms with Crippen LogP contribution in [0.25, 0.3) is 0 Å². The van der Waals surface area contributed by atoms with Crippen LogP contribution in [-0.4, -0.2) is 29.8 Å². The van der Waals surface area contributed by atoms with Crippen LogP contribution < -0.4 is 11.1 Å². The third kappa shape index (κ3) is 9.77. The van der Waals surface area contributed by atoms with E-state index in [0.29, 0.717) is 25.8 Å². The molecule has 0 aliphatic heterocycles. The fourth-order valence-corrected chi connectivity index (χ4v) is 1.58. The molecule has 1 atom stereocenters. The number of carbonyl (C=O) groups is 2. The van der Waals surface area contributed by atoms with Crippen molar-refractivity contribution in [3.8, 4) is 0 Å². The number of ether oxygens (including phenoxy) is 1. The van der Waals surface area contributed by atoms with E-state index in [9.17, 15) is 9.59 Å². The molecule has 1 aromatic rings. The lowest BCUT2D eigenvalue weighted by Gasteiger charge is -2.08. The average molecular weight is 310 g/mol. The summed E-state index contributed by atoms with van der Waals surface area (Å²) in [6.45, 7) is 4.68. The second-order valence-electron chi connectivity index (χ2n) is 4.43. The first-order chi connectivity index (χ1) is 10.6. The van der Waals surface area contributed by atoms with Crippen molar-refractivity contribution in [3.05, 3.63) is 35.9 Å². The number of benzene rings is 1. The fraction of sp³-hybridized carbons (Fsp3) is 0.500. The van der Waals surface area contributed by atoms with Gasteiger partial charge >= 0.3 is 12.1 Å². The number of nitrogens with two attached hydrogens (primary N) is 1. The van der Waals surface area contributed by atoms with Gasteiger partial charge in [-0.3, -0.25) is 4.79 Å². The number of rotatable bonds is 8. The molecule has 0 spiro atoms. The smallest absolute Gasteiger partial charge is 0.407 e. The van der Waals surface area contributed by atoms with Crippen LogP contribution in [0.15, 0.2) is 30.3 Å². The molecule has 0 aromatic heterocycles. The van der Waals surface area contributed by atoms with Crippen molar-refractivity contribution in [2.75, 3.05) is 6.54 Å². The van der Waals surface area contributed by atoms with Crippen LogP contribution in [0.5, 0.6) is 0 Å². The summed E-state index contributed by atoms with van der Waals surface area (Å²) in [4.78, 5) is 21.8. The highest BCUT2D eigenvalue weighted by Crippen LogP contribution is 2.01. The Morgan fingerprint density at radius 3 is 2.45 bits per heavy atom. The lowest BCUT2D eigenvalue weighted by atomic mass is 10.1. The summed E-state index contributed by atoms with van der Waals surface area (Å²) >= 11 is 0. The quantitative estimate of drug-likeness (QED) is 0.640. The zero-order valence-electron chi connectivity index (χ0n) is 13.2. The van der Waals surface area contributed by atoms with Gasteiger partial charge < -0.3 is 20.9 Å². The molecule has 0 radical (unpaired) electrons. The van der Waals surface area contributed by atoms with Gasteiger partial charge in [0, 0.05) is 6.54 Å². The van der Waals surface area contributed by atoms with Crippen molar-refractivity contribution >= 4 is 12.1 Å². The molecule has 0 saturated carbocycles. The minimum Gasteiger partial charge on any atom is -0.480 e. The van der Waals surface area contributed by atoms with Crippen molar-refractivity contribution in [2.24, 2.45) is 5.73 Å². The highest BCUT2D eigenvalue weighted by atomic mass is 16.5. The van der Waals surface area contributed by atoms with E-state index >= 15 is 0 Å². The van der Waals surface area contributed by atoms with Crippen LogP contribution >= 0.6 is 0 Å². The number of aliphatic carboxylic acids is 1. The van der Waals surface area contributed by atoms with E-state index in [0.717, 1.165) is 5.56 Å². The fourth-order valence-electron chi connectivity index (χ4n) is 1.58. The topological polar surface area (TPSA) is 102 Å². The number of nitrogens with one attached hydrogen (secondary N) is 1. The van der Waals surface area contributed by atoms with Crippen molar-refractivity contribution in [2.45, 2.75) is 45.8 Å². The van der Waals surface area contributed by atoms with Crippen LogP contribution in [0.3, 0.4) is 0 Å². The Morgan fingerprint density at radius 1 is 1.23 bits per heavy atom. The largest absolute Gasteiger partial charge is 0.480 e. The molecule has 4 N–H and O–H groups in total. The molecule has 0 fully saturated rings. The lowest BCUT2D eigenvalue weighted by molar-refractivity contribution is -0.138. The summed E-state index contributed by atoms with van der Waals surface area (Å²) in [5, 5.41) is 11.2. The summed E-state index contributed by atoms with van der Waals surface area (Å²) in [5.74, 6) is -1.000. The van der Waals surface area contributed by atoms with Gasteiger partial charge in [-0.2, -0.15) is 0 Å². The van der Waals surface area contributed by atoms with Gasteiger partial charge in [0.2, 0.25) is 0 Å². The van der Waals surface area contributed by atoms with Crippen LogP contribution in [0, 0.1) is 0 Å². The molecule has 0 aliphatic carbocycles. The summed E-state index contributed by atoms with van der Waals surface area (Å²) in [6.07, 6.45) is 1.24. The second-order valence-corrected chi connectivity index (χ2v) is 4.43. The van der Waals surface area contributed by atoms with E-state index in [1.165, 1.54) is 0 Å². The third-order valence-electron chi connectivity index (χ3n) is 2.74. The molecular formula is C16H26N2O4. The SMILES string of the molecule is CC.NC(CCCCNC(=O)OCc1ccccc1)C(=O)O. The maximum Gasteiger partial charge on any atom is 0.407 e. The van der Waals surface area contributed by atoms with Crippen LogP contribution in [0.1, 0.15) is 38.7 Å². The summed E-state index contributed by atoms with van der Waals surface area (Å²) in [6, 6.07) is 8.57. The van der Waals surface area contributed by atoms with Crippen LogP contribution in [-0.2, 0) is 16.1 Å². The predicted octanol–water partition coefficient (Wildman–Crippen LogP) is 2.52. The average Bonchev–Trinajstić information content (AvgIpc) is 2.55. The second kappa shape index (κ2) is 12.6. The third-order valence-corrected chi connectivity index (χ3v) is 2.74. The summed E-state index contributed by atoms with van der Waals surface area (Å²) in [5.41, 5.74) is 6.29. The highest BCUT2D eigenvalue weighted by Gasteiger charge is 2.10. The molecule has 6 heteroatoms. The number of carboxylic acids is 1. The van der Waals surface area contributed by atoms with Gasteiger partial charge in [0.1, 0.15) is 12.6 Å². The minimum absolute atomic E-state index is 0.233. The molecule has 0 bridgehead atoms. The Kier molecular flexibility index (Phi) is 11.4. The predicted molar refractivity (Wildman–Crippen MR) is 85.4 cm³/mol. The Bertz CT molecular complexity index is 423. The normalized spacial score (nSPS) is 10.9. The monoisotopic (exact) mass is 310 g/mol. The molecule has 124 valence electrons. The van der Waals surface area contributed by atoms with Crippen molar-refractivity contribution in [3.63, 3.8) is 0 Å². The van der Waals surface area contributed by atoms with Gasteiger partial charge in [0.05, 0.1) is 0 Å². The Hall–Kier alpha value is -2.08. The van der Waals surface area contributed by atoms with Gasteiger partial charge in [-0.05, 0) is 24.8 Å². The molecule has 0 saturated heterocycles. The van der Waals surface area contributed by atoms with Gasteiger partial charge in [0.15, 0.2) is 0 Å². The van der Waals surface area contributed by atoms with E-state index in [1.54, 1.807) is 0 Å². The van der Waals surface area contributed by atoms with Gasteiger partial charge in [0.25, 0.3) is 0 Å². The molecule has 1 amide bonds. The van der Waals surface area contributed by atoms with E-state index in [4.69, 9.17) is 15.6 Å². The zero-order chi connectivity index (χ0) is 16.8. The first kappa shape index (κ1) is 19.9. The number of amides is 1. The molecule has 0 aliphatic rings. The standard InChI is InChI=1S/C14H20N2O4.C2H6/c15-12(13(17)18)8-4-5-9-16-14(19)20-10-11-6-2-1-3-7-11;1-2/h1-3,6-7,12H,4-5,8-10,15H2,(H,16,19)(H,17,18);1-2H3. The molecule has 1 rings (SSSR count). The highest BCUT2D eigenvalue weighted by molar-refractivity contribution is 5.72. The summed E-state index contributed by atoms with van der Waals surface area (Å²) in [7, 11) is 0. The first-order valence-corrected chi connectivity index (χ1v) is 7.52. The van der Waals surface area contributed by atoms with Crippen LogP contribution in [0.2, 0.25) is 0 Å². The molecule has 1 unspecified atom stereocenters. The van der Waals surface area contributed by atoms with Gasteiger partial charge in [-0.25, -0.2) is 4.79 Å². The molecule has 6 nitrogen and oxygen atoms in total. The van der Waals surface area contributed by atoms with E-state index in [-0.39, 0.29) is 6.61 Å². The minimum atomic E-state index is -1.000. The zero-order valence-corrected chi connectivity index (χ0v) is 13.2. The van der Waals surface area contributed by atoms with Gasteiger partial charge in [-0.1, -0.05) is 44.2 Å². The van der Waals surface area contributed by atoms with E-state index < -0.39 is 18.1 Å². The Balaban J connectivity index is 0.00000211. The number of hydrogen-bond donors (Lipinski definition) is 3. The van der Waals surface area contributed by atoms with Crippen molar-refractivity contribution in [1.82, 2.24) is 5.32 Å². The van der Waals surface area contributed by atoms with Gasteiger partial charge in [-0.15, -0.1) is 0 Å². The molecular weight excluding hydrogens is 284 g/mol. The van der Waals surface area contributed by atoms with Crippen molar-refractivity contribution in [1.29, 1.82) is 0 Å². The van der Waals surface area contributed by atoms with Crippen LogP contribution in [0.4, 0.5) is 4.79 Å². The molecule has 1 aromatic carbocycles. The first-order valence-electron chi connectivity index (χ1n) is 7.52. The molecule has 0 heterocycles.